The van der Waals surface area contributed by atoms with Crippen molar-refractivity contribution in [1.29, 1.82) is 0 Å². The third kappa shape index (κ3) is 5.73. The number of carbonyl (C=O) groups excluding carboxylic acids is 1. The molecule has 0 spiro atoms. The average Bonchev–Trinajstić information content (AvgIpc) is 2.69. The lowest BCUT2D eigenvalue weighted by Crippen LogP contribution is -2.36. The zero-order valence-corrected chi connectivity index (χ0v) is 17.0. The van der Waals surface area contributed by atoms with E-state index in [4.69, 9.17) is 11.6 Å². The minimum absolute atomic E-state index is 0.220. The summed E-state index contributed by atoms with van der Waals surface area (Å²) in [6.45, 7) is 0.662. The van der Waals surface area contributed by atoms with Crippen LogP contribution in [0, 0.1) is 5.92 Å². The number of rotatable bonds is 6. The number of aromatic nitrogens is 2. The molecular weight excluding hydrogens is 376 g/mol. The molecule has 1 heterocycles. The highest BCUT2D eigenvalue weighted by Crippen LogP contribution is 2.26. The topological polar surface area (TPSA) is 82.2 Å². The van der Waals surface area contributed by atoms with Crippen molar-refractivity contribution in [2.45, 2.75) is 31.7 Å². The Balaban J connectivity index is 1.40. The van der Waals surface area contributed by atoms with Gasteiger partial charge in [0.15, 0.2) is 0 Å². The highest BCUT2D eigenvalue weighted by Gasteiger charge is 2.22. The van der Waals surface area contributed by atoms with E-state index < -0.39 is 0 Å². The minimum Gasteiger partial charge on any atom is -0.363 e. The molecule has 7 nitrogen and oxygen atoms in total. The molecule has 1 saturated carbocycles. The van der Waals surface area contributed by atoms with Crippen molar-refractivity contribution in [3.8, 4) is 0 Å². The summed E-state index contributed by atoms with van der Waals surface area (Å²) in [5.41, 5.74) is 0.620. The Morgan fingerprint density at radius 3 is 2.64 bits per heavy atom. The lowest BCUT2D eigenvalue weighted by molar-refractivity contribution is 0.246. The Bertz CT molecular complexity index is 792. The lowest BCUT2D eigenvalue weighted by atomic mass is 9.86. The van der Waals surface area contributed by atoms with E-state index in [-0.39, 0.29) is 6.03 Å². The summed E-state index contributed by atoms with van der Waals surface area (Å²) in [6, 6.07) is 9.25. The van der Waals surface area contributed by atoms with E-state index in [9.17, 15) is 4.79 Å². The summed E-state index contributed by atoms with van der Waals surface area (Å²) < 4.78 is 0. The van der Waals surface area contributed by atoms with Gasteiger partial charge in [0.1, 0.15) is 5.82 Å². The molecule has 150 valence electrons. The number of nitrogens with zero attached hydrogens (tertiary/aromatic N) is 3. The molecule has 0 atom stereocenters. The zero-order chi connectivity index (χ0) is 19.9. The largest absolute Gasteiger partial charge is 0.363 e. The van der Waals surface area contributed by atoms with Crippen LogP contribution in [0.3, 0.4) is 0 Å². The summed E-state index contributed by atoms with van der Waals surface area (Å²) in [4.78, 5) is 22.9. The molecule has 0 saturated heterocycles. The summed E-state index contributed by atoms with van der Waals surface area (Å²) >= 11 is 6.06. The molecule has 0 aliphatic heterocycles. The van der Waals surface area contributed by atoms with Gasteiger partial charge in [-0.2, -0.15) is 4.98 Å². The van der Waals surface area contributed by atoms with Crippen LogP contribution in [0.4, 0.5) is 22.2 Å². The van der Waals surface area contributed by atoms with Crippen LogP contribution in [-0.4, -0.2) is 42.7 Å². The van der Waals surface area contributed by atoms with Gasteiger partial charge in [-0.05, 0) is 49.8 Å². The second kappa shape index (κ2) is 9.59. The molecule has 3 rings (SSSR count). The SMILES string of the molecule is CN(C)c1ccnc(N[C@H]2CC[C@@H](CNC(=O)Nc3ccccc3Cl)CC2)n1. The highest BCUT2D eigenvalue weighted by atomic mass is 35.5. The maximum absolute atomic E-state index is 12.1. The molecule has 28 heavy (non-hydrogen) atoms. The first kappa shape index (κ1) is 20.2. The smallest absolute Gasteiger partial charge is 0.319 e. The maximum Gasteiger partial charge on any atom is 0.319 e. The van der Waals surface area contributed by atoms with Crippen molar-refractivity contribution in [2.75, 3.05) is 36.2 Å². The fraction of sp³-hybridized carbons (Fsp3) is 0.450. The van der Waals surface area contributed by atoms with Crippen LogP contribution in [0.2, 0.25) is 5.02 Å². The van der Waals surface area contributed by atoms with E-state index >= 15 is 0 Å². The first-order chi connectivity index (χ1) is 13.5. The summed E-state index contributed by atoms with van der Waals surface area (Å²) in [6.07, 6.45) is 5.95. The molecule has 1 aromatic carbocycles. The van der Waals surface area contributed by atoms with Gasteiger partial charge in [-0.25, -0.2) is 9.78 Å². The number of carbonyl (C=O) groups is 1. The first-order valence-electron chi connectivity index (χ1n) is 9.57. The van der Waals surface area contributed by atoms with E-state index in [0.29, 0.717) is 35.2 Å². The van der Waals surface area contributed by atoms with Gasteiger partial charge in [0.05, 0.1) is 10.7 Å². The van der Waals surface area contributed by atoms with Gasteiger partial charge in [-0.15, -0.1) is 0 Å². The van der Waals surface area contributed by atoms with Gasteiger partial charge in [-0.3, -0.25) is 0 Å². The Hall–Kier alpha value is -2.54. The molecule has 1 aliphatic carbocycles. The van der Waals surface area contributed by atoms with Crippen LogP contribution in [0.15, 0.2) is 36.5 Å². The van der Waals surface area contributed by atoms with Crippen molar-refractivity contribution in [3.05, 3.63) is 41.6 Å². The maximum atomic E-state index is 12.1. The number of amides is 2. The fourth-order valence-corrected chi connectivity index (χ4v) is 3.51. The number of benzene rings is 1. The molecule has 2 aromatic rings. The van der Waals surface area contributed by atoms with Crippen LogP contribution in [0.25, 0.3) is 0 Å². The van der Waals surface area contributed by atoms with Crippen LogP contribution in [0.1, 0.15) is 25.7 Å². The number of urea groups is 1. The van der Waals surface area contributed by atoms with Gasteiger partial charge in [-0.1, -0.05) is 23.7 Å². The summed E-state index contributed by atoms with van der Waals surface area (Å²) in [5, 5.41) is 9.71. The number of halogens is 1. The fourth-order valence-electron chi connectivity index (χ4n) is 3.33. The van der Waals surface area contributed by atoms with E-state index in [1.165, 1.54) is 0 Å². The van der Waals surface area contributed by atoms with Crippen molar-refractivity contribution < 1.29 is 4.79 Å². The lowest BCUT2D eigenvalue weighted by Gasteiger charge is -2.29. The van der Waals surface area contributed by atoms with Gasteiger partial charge in [0.2, 0.25) is 5.95 Å². The number of hydrogen-bond acceptors (Lipinski definition) is 5. The third-order valence-electron chi connectivity index (χ3n) is 4.95. The Morgan fingerprint density at radius 2 is 1.93 bits per heavy atom. The van der Waals surface area contributed by atoms with Crippen molar-refractivity contribution >= 4 is 35.1 Å². The highest BCUT2D eigenvalue weighted by molar-refractivity contribution is 6.33. The van der Waals surface area contributed by atoms with Crippen LogP contribution < -0.4 is 20.9 Å². The van der Waals surface area contributed by atoms with Crippen LogP contribution >= 0.6 is 11.6 Å². The van der Waals surface area contributed by atoms with Gasteiger partial charge in [0, 0.05) is 32.9 Å². The van der Waals surface area contributed by atoms with E-state index in [2.05, 4.69) is 25.9 Å². The van der Waals surface area contributed by atoms with Crippen molar-refractivity contribution in [1.82, 2.24) is 15.3 Å². The van der Waals surface area contributed by atoms with Crippen LogP contribution in [-0.2, 0) is 0 Å². The zero-order valence-electron chi connectivity index (χ0n) is 16.3. The van der Waals surface area contributed by atoms with Gasteiger partial charge < -0.3 is 20.9 Å². The van der Waals surface area contributed by atoms with Gasteiger partial charge in [0.25, 0.3) is 0 Å². The molecule has 0 radical (unpaired) electrons. The quantitative estimate of drug-likeness (QED) is 0.680. The molecule has 0 bridgehead atoms. The Labute approximate surface area is 170 Å². The standard InChI is InChI=1S/C20H27ClN6O/c1-27(2)18-11-12-22-19(26-18)24-15-9-7-14(8-10-15)13-23-20(28)25-17-6-4-3-5-16(17)21/h3-6,11-12,14-15H,7-10,13H2,1-2H3,(H,22,24,26)(H2,23,25,28)/t14-,15+. The average molecular weight is 403 g/mol. The number of nitrogens with one attached hydrogen (secondary N) is 3. The molecular formula is C20H27ClN6O. The van der Waals surface area contributed by atoms with Crippen molar-refractivity contribution in [3.63, 3.8) is 0 Å². The number of para-hydroxylation sites is 1. The number of anilines is 3. The second-order valence-corrected chi connectivity index (χ2v) is 7.72. The second-order valence-electron chi connectivity index (χ2n) is 7.31. The minimum atomic E-state index is -0.220. The molecule has 8 heteroatoms. The monoisotopic (exact) mass is 402 g/mol. The molecule has 3 N–H and O–H groups in total. The third-order valence-corrected chi connectivity index (χ3v) is 5.28. The number of hydrogen-bond donors (Lipinski definition) is 3. The predicted molar refractivity (Wildman–Crippen MR) is 114 cm³/mol. The van der Waals surface area contributed by atoms with Crippen molar-refractivity contribution in [2.24, 2.45) is 5.92 Å². The Morgan fingerprint density at radius 1 is 1.18 bits per heavy atom. The van der Waals surface area contributed by atoms with Crippen LogP contribution in [0.5, 0.6) is 0 Å². The summed E-state index contributed by atoms with van der Waals surface area (Å²) in [7, 11) is 3.93. The molecule has 2 amide bonds. The molecule has 1 fully saturated rings. The normalized spacial score (nSPS) is 19.0. The Kier molecular flexibility index (Phi) is 6.92. The summed E-state index contributed by atoms with van der Waals surface area (Å²) in [5.74, 6) is 2.04. The van der Waals surface area contributed by atoms with E-state index in [1.54, 1.807) is 18.3 Å². The predicted octanol–water partition coefficient (Wildman–Crippen LogP) is 3.99. The first-order valence-corrected chi connectivity index (χ1v) is 9.95. The molecule has 1 aliphatic rings. The molecule has 0 unspecified atom stereocenters. The van der Waals surface area contributed by atoms with E-state index in [1.807, 2.05) is 37.2 Å². The van der Waals surface area contributed by atoms with Gasteiger partial charge >= 0.3 is 6.03 Å². The molecule has 1 aromatic heterocycles. The van der Waals surface area contributed by atoms with E-state index in [0.717, 1.165) is 31.5 Å².